The van der Waals surface area contributed by atoms with E-state index >= 15 is 0 Å². The van der Waals surface area contributed by atoms with Gasteiger partial charge in [0.2, 0.25) is 0 Å². The molecular weight excluding hydrogens is 421 g/mol. The summed E-state index contributed by atoms with van der Waals surface area (Å²) in [5.41, 5.74) is 6.72. The number of methoxy groups -OCH3 is 1. The summed E-state index contributed by atoms with van der Waals surface area (Å²) < 4.78 is 5.26. The summed E-state index contributed by atoms with van der Waals surface area (Å²) in [5, 5.41) is 3.07. The molecule has 0 saturated heterocycles. The van der Waals surface area contributed by atoms with E-state index in [0.717, 1.165) is 23.6 Å². The summed E-state index contributed by atoms with van der Waals surface area (Å²) in [6, 6.07) is 18.0. The van der Waals surface area contributed by atoms with Crippen LogP contribution in [0.4, 0.5) is 5.69 Å². The van der Waals surface area contributed by atoms with Crippen LogP contribution in [0.25, 0.3) is 0 Å². The number of nitrogens with zero attached hydrogens (tertiary/aromatic N) is 1. The Kier molecular flexibility index (Phi) is 9.54. The first-order valence-corrected chi connectivity index (χ1v) is 8.16. The average molecular weight is 443 g/mol. The Balaban J connectivity index is 0.00000264. The first-order valence-electron chi connectivity index (χ1n) is 7.17. The smallest absolute Gasteiger partial charge is 0.193 e. The van der Waals surface area contributed by atoms with Crippen molar-refractivity contribution in [3.8, 4) is 5.75 Å². The van der Waals surface area contributed by atoms with Crippen LogP contribution in [0.1, 0.15) is 6.42 Å². The number of anilines is 1. The molecule has 2 aromatic rings. The van der Waals surface area contributed by atoms with Crippen molar-refractivity contribution in [3.05, 3.63) is 54.6 Å². The molecule has 0 heterocycles. The Labute approximate surface area is 158 Å². The monoisotopic (exact) mass is 443 g/mol. The third kappa shape index (κ3) is 7.13. The maximum Gasteiger partial charge on any atom is 0.193 e. The lowest BCUT2D eigenvalue weighted by atomic mass is 10.3. The molecule has 3 N–H and O–H groups in total. The van der Waals surface area contributed by atoms with Crippen LogP contribution < -0.4 is 15.8 Å². The zero-order valence-corrected chi connectivity index (χ0v) is 16.2. The number of hydrogen-bond acceptors (Lipinski definition) is 3. The number of thioether (sulfide) groups is 1. The number of para-hydroxylation sites is 2. The predicted molar refractivity (Wildman–Crippen MR) is 110 cm³/mol. The highest BCUT2D eigenvalue weighted by atomic mass is 127. The lowest BCUT2D eigenvalue weighted by Gasteiger charge is -2.10. The van der Waals surface area contributed by atoms with Crippen molar-refractivity contribution in [2.24, 2.45) is 10.7 Å². The maximum absolute atomic E-state index is 5.90. The summed E-state index contributed by atoms with van der Waals surface area (Å²) in [6.07, 6.45) is 0.980. The quantitative estimate of drug-likeness (QED) is 0.221. The van der Waals surface area contributed by atoms with Gasteiger partial charge in [0.25, 0.3) is 0 Å². The van der Waals surface area contributed by atoms with Crippen LogP contribution in [0, 0.1) is 0 Å². The fraction of sp³-hybridized carbons (Fsp3) is 0.235. The molecule has 0 fully saturated rings. The van der Waals surface area contributed by atoms with Gasteiger partial charge in [0.1, 0.15) is 5.75 Å². The highest BCUT2D eigenvalue weighted by Crippen LogP contribution is 2.22. The Morgan fingerprint density at radius 2 is 1.83 bits per heavy atom. The van der Waals surface area contributed by atoms with E-state index in [4.69, 9.17) is 10.5 Å². The first-order chi connectivity index (χ1) is 10.8. The Hall–Kier alpha value is -1.41. The summed E-state index contributed by atoms with van der Waals surface area (Å²) in [7, 11) is 1.63. The van der Waals surface area contributed by atoms with Gasteiger partial charge >= 0.3 is 0 Å². The Morgan fingerprint density at radius 3 is 2.57 bits per heavy atom. The van der Waals surface area contributed by atoms with Gasteiger partial charge in [0, 0.05) is 11.4 Å². The van der Waals surface area contributed by atoms with Crippen molar-refractivity contribution in [2.45, 2.75) is 11.3 Å². The van der Waals surface area contributed by atoms with E-state index in [1.807, 2.05) is 42.1 Å². The Morgan fingerprint density at radius 1 is 1.13 bits per heavy atom. The molecule has 0 saturated carbocycles. The van der Waals surface area contributed by atoms with Gasteiger partial charge < -0.3 is 15.8 Å². The number of benzene rings is 2. The van der Waals surface area contributed by atoms with Gasteiger partial charge in [-0.25, -0.2) is 0 Å². The number of hydrogen-bond donors (Lipinski definition) is 2. The van der Waals surface area contributed by atoms with Gasteiger partial charge in [-0.1, -0.05) is 30.3 Å². The molecule has 0 amide bonds. The highest BCUT2D eigenvalue weighted by molar-refractivity contribution is 14.0. The minimum Gasteiger partial charge on any atom is -0.495 e. The summed E-state index contributed by atoms with van der Waals surface area (Å²) >= 11 is 1.83. The fourth-order valence-electron chi connectivity index (χ4n) is 1.90. The molecule has 2 rings (SSSR count). The number of rotatable bonds is 7. The highest BCUT2D eigenvalue weighted by Gasteiger charge is 2.01. The van der Waals surface area contributed by atoms with Crippen LogP contribution in [0.3, 0.4) is 0 Å². The molecule has 4 nitrogen and oxygen atoms in total. The summed E-state index contributed by atoms with van der Waals surface area (Å²) in [4.78, 5) is 5.62. The lowest BCUT2D eigenvalue weighted by Crippen LogP contribution is -2.23. The van der Waals surface area contributed by atoms with Crippen LogP contribution in [-0.4, -0.2) is 25.4 Å². The maximum atomic E-state index is 5.90. The number of halogens is 1. The van der Waals surface area contributed by atoms with Crippen molar-refractivity contribution in [3.63, 3.8) is 0 Å². The number of ether oxygens (including phenoxy) is 1. The third-order valence-electron chi connectivity index (χ3n) is 2.97. The second-order valence-corrected chi connectivity index (χ2v) is 5.78. The van der Waals surface area contributed by atoms with Crippen molar-refractivity contribution in [2.75, 3.05) is 24.7 Å². The van der Waals surface area contributed by atoms with Gasteiger partial charge in [-0.05, 0) is 36.4 Å². The molecule has 0 radical (unpaired) electrons. The molecule has 23 heavy (non-hydrogen) atoms. The van der Waals surface area contributed by atoms with Gasteiger partial charge in [0.15, 0.2) is 5.96 Å². The minimum absolute atomic E-state index is 0. The van der Waals surface area contributed by atoms with E-state index in [9.17, 15) is 0 Å². The van der Waals surface area contributed by atoms with Gasteiger partial charge in [-0.15, -0.1) is 35.7 Å². The largest absolute Gasteiger partial charge is 0.495 e. The second-order valence-electron chi connectivity index (χ2n) is 4.61. The summed E-state index contributed by atoms with van der Waals surface area (Å²) in [6.45, 7) is 0.702. The van der Waals surface area contributed by atoms with Crippen LogP contribution >= 0.6 is 35.7 Å². The number of aliphatic imine (C=N–C) groups is 1. The van der Waals surface area contributed by atoms with E-state index in [-0.39, 0.29) is 24.0 Å². The van der Waals surface area contributed by atoms with Crippen LogP contribution in [-0.2, 0) is 0 Å². The third-order valence-corrected chi connectivity index (χ3v) is 4.06. The minimum atomic E-state index is 0. The SMILES string of the molecule is COc1ccccc1NC(N)=NCCCSc1ccccc1.I. The topological polar surface area (TPSA) is 59.6 Å². The predicted octanol–water partition coefficient (Wildman–Crippen LogP) is 4.22. The van der Waals surface area contributed by atoms with Gasteiger partial charge in [-0.2, -0.15) is 0 Å². The number of guanidine groups is 1. The zero-order chi connectivity index (χ0) is 15.6. The zero-order valence-electron chi connectivity index (χ0n) is 13.1. The van der Waals surface area contributed by atoms with E-state index in [1.54, 1.807) is 7.11 Å². The molecule has 0 aromatic heterocycles. The van der Waals surface area contributed by atoms with E-state index in [1.165, 1.54) is 4.90 Å². The molecule has 2 aromatic carbocycles. The first kappa shape index (κ1) is 19.6. The van der Waals surface area contributed by atoms with Gasteiger partial charge in [-0.3, -0.25) is 4.99 Å². The molecular formula is C17H22IN3OS. The standard InChI is InChI=1S/C17H21N3OS.HI/c1-21-16-11-6-5-10-15(16)20-17(18)19-12-7-13-22-14-8-3-2-4-9-14;/h2-6,8-11H,7,12-13H2,1H3,(H3,18,19,20);1H. The molecule has 0 aliphatic heterocycles. The van der Waals surface area contributed by atoms with E-state index in [2.05, 4.69) is 34.6 Å². The number of nitrogens with one attached hydrogen (secondary N) is 1. The average Bonchev–Trinajstić information content (AvgIpc) is 2.56. The van der Waals surface area contributed by atoms with Crippen molar-refractivity contribution in [1.29, 1.82) is 0 Å². The van der Waals surface area contributed by atoms with Crippen molar-refractivity contribution >= 4 is 47.4 Å². The molecule has 0 aliphatic rings. The molecule has 6 heteroatoms. The fourth-order valence-corrected chi connectivity index (χ4v) is 2.75. The lowest BCUT2D eigenvalue weighted by molar-refractivity contribution is 0.417. The van der Waals surface area contributed by atoms with Crippen LogP contribution in [0.2, 0.25) is 0 Å². The molecule has 0 spiro atoms. The molecule has 124 valence electrons. The number of nitrogens with two attached hydrogens (primary N) is 1. The Bertz CT molecular complexity index is 608. The van der Waals surface area contributed by atoms with Gasteiger partial charge in [0.05, 0.1) is 12.8 Å². The van der Waals surface area contributed by atoms with Crippen molar-refractivity contribution in [1.82, 2.24) is 0 Å². The van der Waals surface area contributed by atoms with E-state index in [0.29, 0.717) is 12.5 Å². The summed E-state index contributed by atoms with van der Waals surface area (Å²) in [5.74, 6) is 2.18. The molecule has 0 aliphatic carbocycles. The van der Waals surface area contributed by atoms with Crippen LogP contribution in [0.15, 0.2) is 64.5 Å². The molecule has 0 bridgehead atoms. The second kappa shape index (κ2) is 11.2. The molecule has 0 unspecified atom stereocenters. The van der Waals surface area contributed by atoms with Crippen LogP contribution in [0.5, 0.6) is 5.75 Å². The van der Waals surface area contributed by atoms with Crippen molar-refractivity contribution < 1.29 is 4.74 Å². The van der Waals surface area contributed by atoms with E-state index < -0.39 is 0 Å². The normalized spacial score (nSPS) is 10.7. The molecule has 0 atom stereocenters.